The molecule has 3 heterocycles. The Kier molecular flexibility index (Phi) is 6.82. The fourth-order valence-corrected chi connectivity index (χ4v) is 7.98. The van der Waals surface area contributed by atoms with Gasteiger partial charge in [0, 0.05) is 43.7 Å². The second-order valence-electron chi connectivity index (χ2n) is 13.8. The van der Waals surface area contributed by atoms with E-state index >= 15 is 0 Å². The topological polar surface area (TPSA) is 43.9 Å². The van der Waals surface area contributed by atoms with Gasteiger partial charge in [0.15, 0.2) is 5.82 Å². The van der Waals surface area contributed by atoms with E-state index in [4.69, 9.17) is 14.4 Å². The van der Waals surface area contributed by atoms with E-state index in [1.54, 1.807) is 0 Å². The predicted molar refractivity (Wildman–Crippen MR) is 223 cm³/mol. The highest BCUT2D eigenvalue weighted by molar-refractivity contribution is 6.12. The highest BCUT2D eigenvalue weighted by Crippen LogP contribution is 2.40. The zero-order valence-corrected chi connectivity index (χ0v) is 29.1. The summed E-state index contributed by atoms with van der Waals surface area (Å²) in [6.45, 7) is 0. The largest absolute Gasteiger partial charge is 0.456 e. The Hall–Kier alpha value is -7.30. The molecule has 0 fully saturated rings. The van der Waals surface area contributed by atoms with Gasteiger partial charge >= 0.3 is 0 Å². The molecule has 0 N–H and O–H groups in total. The summed E-state index contributed by atoms with van der Waals surface area (Å²) in [6.07, 6.45) is 0. The molecule has 0 bridgehead atoms. The molecule has 11 rings (SSSR count). The van der Waals surface area contributed by atoms with E-state index in [2.05, 4.69) is 156 Å². The fraction of sp³-hybridized carbons (Fsp3) is 0. The van der Waals surface area contributed by atoms with Gasteiger partial charge in [-0.25, -0.2) is 9.97 Å². The van der Waals surface area contributed by atoms with Crippen LogP contribution < -0.4 is 0 Å². The zero-order valence-electron chi connectivity index (χ0n) is 29.1. The van der Waals surface area contributed by atoms with Crippen LogP contribution in [0.4, 0.5) is 0 Å². The molecule has 3 aromatic heterocycles. The molecule has 54 heavy (non-hydrogen) atoms. The fourth-order valence-electron chi connectivity index (χ4n) is 7.98. The third-order valence-electron chi connectivity index (χ3n) is 10.6. The highest BCUT2D eigenvalue weighted by Gasteiger charge is 2.17. The van der Waals surface area contributed by atoms with E-state index in [0.29, 0.717) is 0 Å². The van der Waals surface area contributed by atoms with Crippen molar-refractivity contribution < 1.29 is 4.42 Å². The van der Waals surface area contributed by atoms with Gasteiger partial charge in [0.05, 0.1) is 22.2 Å². The third-order valence-corrected chi connectivity index (χ3v) is 10.6. The van der Waals surface area contributed by atoms with Crippen LogP contribution in [0, 0.1) is 0 Å². The quantitative estimate of drug-likeness (QED) is 0.181. The molecule has 0 radical (unpaired) electrons. The van der Waals surface area contributed by atoms with Crippen molar-refractivity contribution in [3.8, 4) is 50.6 Å². The summed E-state index contributed by atoms with van der Waals surface area (Å²) < 4.78 is 8.53. The molecular weight excluding hydrogens is 659 g/mol. The van der Waals surface area contributed by atoms with Crippen LogP contribution in [0.3, 0.4) is 0 Å². The van der Waals surface area contributed by atoms with Crippen LogP contribution >= 0.6 is 0 Å². The SMILES string of the molecule is c1ccc(-c2nc(-c3ccccc3)c3cc(-c4ccc5c(c4)c4cc(-c6ccc7oc8ccccc8c7c6)ccc4n5-c4ccccc4)ccc3n2)cc1. The minimum Gasteiger partial charge on any atom is -0.456 e. The maximum atomic E-state index is 6.15. The van der Waals surface area contributed by atoms with Crippen molar-refractivity contribution in [3.63, 3.8) is 0 Å². The number of benzene rings is 8. The van der Waals surface area contributed by atoms with Gasteiger partial charge in [-0.05, 0) is 89.0 Å². The Bertz CT molecular complexity index is 3200. The molecule has 0 amide bonds. The molecule has 0 aliphatic rings. The van der Waals surface area contributed by atoms with Crippen LogP contribution in [-0.2, 0) is 0 Å². The molecule has 8 aromatic carbocycles. The van der Waals surface area contributed by atoms with Gasteiger partial charge in [-0.3, -0.25) is 0 Å². The molecule has 0 saturated carbocycles. The van der Waals surface area contributed by atoms with Gasteiger partial charge < -0.3 is 8.98 Å². The Labute approximate surface area is 311 Å². The molecule has 0 aliphatic carbocycles. The van der Waals surface area contributed by atoms with Gasteiger partial charge in [0.2, 0.25) is 0 Å². The molecule has 0 unspecified atom stereocenters. The van der Waals surface area contributed by atoms with Crippen LogP contribution in [0.25, 0.3) is 105 Å². The number of fused-ring (bicyclic) bond motifs is 7. The number of hydrogen-bond donors (Lipinski definition) is 0. The standard InChI is InChI=1S/C50H31N3O/c1-4-12-32(13-5-1)49-43-31-34(20-24-44(43)51-50(52-49)33-14-6-2-7-15-33)35-21-25-45-40(28-35)41-29-36(22-26-46(41)53(45)38-16-8-3-9-17-38)37-23-27-48-42(30-37)39-18-10-11-19-47(39)54-48/h1-31H. The Morgan fingerprint density at radius 2 is 0.870 bits per heavy atom. The van der Waals surface area contributed by atoms with E-state index in [1.165, 1.54) is 16.3 Å². The van der Waals surface area contributed by atoms with Crippen LogP contribution in [-0.4, -0.2) is 14.5 Å². The molecule has 4 nitrogen and oxygen atoms in total. The normalized spacial score (nSPS) is 11.7. The van der Waals surface area contributed by atoms with Crippen LogP contribution in [0.2, 0.25) is 0 Å². The van der Waals surface area contributed by atoms with Crippen LogP contribution in [0.15, 0.2) is 192 Å². The first-order valence-corrected chi connectivity index (χ1v) is 18.2. The smallest absolute Gasteiger partial charge is 0.160 e. The molecule has 4 heteroatoms. The van der Waals surface area contributed by atoms with E-state index in [9.17, 15) is 0 Å². The Balaban J connectivity index is 1.10. The molecule has 0 atom stereocenters. The van der Waals surface area contributed by atoms with Crippen molar-refractivity contribution in [1.82, 2.24) is 14.5 Å². The average Bonchev–Trinajstić information content (AvgIpc) is 3.78. The Morgan fingerprint density at radius 3 is 1.56 bits per heavy atom. The van der Waals surface area contributed by atoms with Gasteiger partial charge in [-0.2, -0.15) is 0 Å². The maximum Gasteiger partial charge on any atom is 0.160 e. The highest BCUT2D eigenvalue weighted by atomic mass is 16.3. The molecule has 0 aliphatic heterocycles. The Morgan fingerprint density at radius 1 is 0.352 bits per heavy atom. The van der Waals surface area contributed by atoms with Crippen LogP contribution in [0.1, 0.15) is 0 Å². The van der Waals surface area contributed by atoms with E-state index < -0.39 is 0 Å². The molecular formula is C50H31N3O. The number of furan rings is 1. The van der Waals surface area contributed by atoms with Gasteiger partial charge in [0.1, 0.15) is 11.2 Å². The lowest BCUT2D eigenvalue weighted by atomic mass is 9.97. The monoisotopic (exact) mass is 689 g/mol. The van der Waals surface area contributed by atoms with Crippen molar-refractivity contribution >= 4 is 54.6 Å². The summed E-state index contributed by atoms with van der Waals surface area (Å²) >= 11 is 0. The average molecular weight is 690 g/mol. The van der Waals surface area contributed by atoms with Gasteiger partial charge in [-0.15, -0.1) is 0 Å². The first kappa shape index (κ1) is 30.3. The molecule has 252 valence electrons. The molecule has 0 saturated heterocycles. The number of hydrogen-bond acceptors (Lipinski definition) is 3. The summed E-state index contributed by atoms with van der Waals surface area (Å²) in [7, 11) is 0. The summed E-state index contributed by atoms with van der Waals surface area (Å²) in [5.74, 6) is 0.723. The maximum absolute atomic E-state index is 6.15. The second kappa shape index (κ2) is 12.1. The summed E-state index contributed by atoms with van der Waals surface area (Å²) in [5.41, 5.74) is 13.8. The lowest BCUT2D eigenvalue weighted by Crippen LogP contribution is -1.95. The summed E-state index contributed by atoms with van der Waals surface area (Å²) in [4.78, 5) is 10.2. The molecule has 11 aromatic rings. The number of nitrogens with zero attached hydrogens (tertiary/aromatic N) is 3. The van der Waals surface area contributed by atoms with Crippen molar-refractivity contribution in [3.05, 3.63) is 188 Å². The second-order valence-corrected chi connectivity index (χ2v) is 13.8. The first-order chi connectivity index (χ1) is 26.7. The van der Waals surface area contributed by atoms with E-state index in [-0.39, 0.29) is 0 Å². The van der Waals surface area contributed by atoms with Crippen molar-refractivity contribution in [1.29, 1.82) is 0 Å². The summed E-state index contributed by atoms with van der Waals surface area (Å²) in [6, 6.07) is 66.3. The van der Waals surface area contributed by atoms with Crippen molar-refractivity contribution in [2.24, 2.45) is 0 Å². The van der Waals surface area contributed by atoms with E-state index in [0.717, 1.165) is 88.9 Å². The van der Waals surface area contributed by atoms with Crippen molar-refractivity contribution in [2.45, 2.75) is 0 Å². The number of aromatic nitrogens is 3. The minimum atomic E-state index is 0.723. The number of rotatable bonds is 5. The van der Waals surface area contributed by atoms with Gasteiger partial charge in [-0.1, -0.05) is 121 Å². The minimum absolute atomic E-state index is 0.723. The summed E-state index contributed by atoms with van der Waals surface area (Å²) in [5, 5.41) is 5.68. The first-order valence-electron chi connectivity index (χ1n) is 18.2. The zero-order chi connectivity index (χ0) is 35.6. The lowest BCUT2D eigenvalue weighted by Gasteiger charge is -2.12. The number of para-hydroxylation sites is 2. The van der Waals surface area contributed by atoms with Crippen LogP contribution in [0.5, 0.6) is 0 Å². The third kappa shape index (κ3) is 4.92. The lowest BCUT2D eigenvalue weighted by molar-refractivity contribution is 0.669. The predicted octanol–water partition coefficient (Wildman–Crippen LogP) is 13.3. The van der Waals surface area contributed by atoms with E-state index in [1.807, 2.05) is 36.4 Å². The van der Waals surface area contributed by atoms with Gasteiger partial charge in [0.25, 0.3) is 0 Å². The van der Waals surface area contributed by atoms with Crippen molar-refractivity contribution in [2.75, 3.05) is 0 Å². The molecule has 0 spiro atoms.